The van der Waals surface area contributed by atoms with Crippen molar-refractivity contribution >= 4 is 23.3 Å². The summed E-state index contributed by atoms with van der Waals surface area (Å²) < 4.78 is 59.0. The van der Waals surface area contributed by atoms with E-state index in [1.54, 1.807) is 6.07 Å². The summed E-state index contributed by atoms with van der Waals surface area (Å²) in [5.74, 6) is 4.12. The number of carbonyl (C=O) groups is 1. The van der Waals surface area contributed by atoms with Crippen LogP contribution in [0, 0.1) is 17.7 Å². The topological polar surface area (TPSA) is 81.6 Å². The Morgan fingerprint density at radius 1 is 1.38 bits per heavy atom. The van der Waals surface area contributed by atoms with Crippen LogP contribution in [0.2, 0.25) is 0 Å². The molecule has 3 aromatic rings. The average Bonchev–Trinajstić information content (AvgIpc) is 3.11. The number of fused-ring (bicyclic) bond motifs is 1. The summed E-state index contributed by atoms with van der Waals surface area (Å²) >= 11 is 0. The number of aromatic nitrogens is 2. The van der Waals surface area contributed by atoms with Gasteiger partial charge in [0.1, 0.15) is 17.2 Å². The predicted molar refractivity (Wildman–Crippen MR) is 112 cm³/mol. The maximum Gasteiger partial charge on any atom is 0.394 e. The minimum absolute atomic E-state index is 0.0212. The molecule has 32 heavy (non-hydrogen) atoms. The number of methoxy groups -OCH3 is 1. The van der Waals surface area contributed by atoms with E-state index in [0.717, 1.165) is 6.07 Å². The van der Waals surface area contributed by atoms with Crippen molar-refractivity contribution in [2.24, 2.45) is 5.73 Å². The number of rotatable bonds is 6. The van der Waals surface area contributed by atoms with Gasteiger partial charge < -0.3 is 20.2 Å². The largest absolute Gasteiger partial charge is 0.495 e. The molecule has 0 fully saturated rings. The van der Waals surface area contributed by atoms with Gasteiger partial charge in [0, 0.05) is 29.6 Å². The van der Waals surface area contributed by atoms with Gasteiger partial charge in [-0.3, -0.25) is 4.79 Å². The number of hydrogen-bond donors (Lipinski definition) is 2. The molecule has 0 aliphatic rings. The number of nitrogens with two attached hydrogens (primary N) is 1. The van der Waals surface area contributed by atoms with Gasteiger partial charge in [0.15, 0.2) is 0 Å². The molecular weight excluding hydrogens is 428 g/mol. The van der Waals surface area contributed by atoms with Gasteiger partial charge in [-0.25, -0.2) is 9.37 Å². The second-order valence-corrected chi connectivity index (χ2v) is 6.68. The van der Waals surface area contributed by atoms with Crippen LogP contribution in [-0.4, -0.2) is 35.1 Å². The normalized spacial score (nSPS) is 11.0. The van der Waals surface area contributed by atoms with Crippen LogP contribution >= 0.6 is 0 Å². The van der Waals surface area contributed by atoms with E-state index in [1.165, 1.54) is 36.0 Å². The highest BCUT2D eigenvalue weighted by Gasteiger charge is 2.29. The van der Waals surface area contributed by atoms with Crippen molar-refractivity contribution in [1.29, 1.82) is 0 Å². The molecule has 0 aliphatic carbocycles. The molecule has 0 radical (unpaired) electrons. The Balaban J connectivity index is 1.85. The average molecular weight is 446 g/mol. The standard InChI is InChI=1S/C22H18F4N4O2/c1-3-14-7-13(12-30-15(10-22(24,25)26)11-29-21(14)30)5-4-6-28-18-9-17(23)16(20(27)31)8-19(18)32-2/h3,7-9,11-12,28H,1,6,10H2,2H3,(H2,27,31). The molecule has 0 bridgehead atoms. The highest BCUT2D eigenvalue weighted by molar-refractivity contribution is 5.94. The van der Waals surface area contributed by atoms with Crippen molar-refractivity contribution in [3.05, 3.63) is 65.4 Å². The minimum Gasteiger partial charge on any atom is -0.495 e. The molecule has 0 spiro atoms. The first-order chi connectivity index (χ1) is 15.1. The lowest BCUT2D eigenvalue weighted by molar-refractivity contribution is -0.127. The maximum atomic E-state index is 14.0. The van der Waals surface area contributed by atoms with E-state index in [1.807, 2.05) is 0 Å². The predicted octanol–water partition coefficient (Wildman–Crippen LogP) is 3.79. The molecule has 1 aromatic carbocycles. The highest BCUT2D eigenvalue weighted by Crippen LogP contribution is 2.28. The first-order valence-corrected chi connectivity index (χ1v) is 9.22. The lowest BCUT2D eigenvalue weighted by Gasteiger charge is -2.11. The molecule has 1 amide bonds. The number of carbonyl (C=O) groups excluding carboxylic acids is 1. The number of hydrogen-bond acceptors (Lipinski definition) is 4. The van der Waals surface area contributed by atoms with E-state index < -0.39 is 24.3 Å². The molecule has 0 saturated carbocycles. The van der Waals surface area contributed by atoms with Gasteiger partial charge in [-0.15, -0.1) is 0 Å². The van der Waals surface area contributed by atoms with Crippen LogP contribution < -0.4 is 15.8 Å². The van der Waals surface area contributed by atoms with Crippen molar-refractivity contribution in [1.82, 2.24) is 9.38 Å². The fourth-order valence-corrected chi connectivity index (χ4v) is 3.05. The van der Waals surface area contributed by atoms with Gasteiger partial charge in [0.25, 0.3) is 5.91 Å². The summed E-state index contributed by atoms with van der Waals surface area (Å²) in [4.78, 5) is 15.3. The number of halogens is 4. The van der Waals surface area contributed by atoms with Gasteiger partial charge in [-0.1, -0.05) is 24.5 Å². The molecule has 2 heterocycles. The zero-order valence-corrected chi connectivity index (χ0v) is 16.9. The molecule has 0 unspecified atom stereocenters. The van der Waals surface area contributed by atoms with Gasteiger partial charge in [-0.2, -0.15) is 13.2 Å². The van der Waals surface area contributed by atoms with Gasteiger partial charge in [0.2, 0.25) is 0 Å². The van der Waals surface area contributed by atoms with Crippen LogP contribution in [0.1, 0.15) is 27.2 Å². The first kappa shape index (κ1) is 22.7. The maximum absolute atomic E-state index is 14.0. The number of imidazole rings is 1. The molecular formula is C22H18F4N4O2. The van der Waals surface area contributed by atoms with E-state index >= 15 is 0 Å². The van der Waals surface area contributed by atoms with Crippen LogP contribution in [0.4, 0.5) is 23.2 Å². The summed E-state index contributed by atoms with van der Waals surface area (Å²) in [5, 5.41) is 2.87. The molecule has 0 aliphatic heterocycles. The number of benzene rings is 1. The lowest BCUT2D eigenvalue weighted by Crippen LogP contribution is -2.14. The second-order valence-electron chi connectivity index (χ2n) is 6.68. The van der Waals surface area contributed by atoms with Crippen molar-refractivity contribution in [2.45, 2.75) is 12.6 Å². The Hall–Kier alpha value is -4.00. The molecule has 6 nitrogen and oxygen atoms in total. The van der Waals surface area contributed by atoms with E-state index in [2.05, 4.69) is 28.7 Å². The van der Waals surface area contributed by atoms with Crippen LogP contribution in [0.5, 0.6) is 5.75 Å². The van der Waals surface area contributed by atoms with E-state index in [9.17, 15) is 22.4 Å². The summed E-state index contributed by atoms with van der Waals surface area (Å²) in [7, 11) is 1.35. The minimum atomic E-state index is -4.38. The van der Waals surface area contributed by atoms with Crippen LogP contribution in [0.15, 0.2) is 37.2 Å². The molecule has 3 N–H and O–H groups in total. The van der Waals surface area contributed by atoms with Gasteiger partial charge in [-0.05, 0) is 12.1 Å². The van der Waals surface area contributed by atoms with E-state index in [4.69, 9.17) is 10.5 Å². The number of primary amides is 1. The van der Waals surface area contributed by atoms with Gasteiger partial charge in [0.05, 0.1) is 37.0 Å². The number of pyridine rings is 1. The quantitative estimate of drug-likeness (QED) is 0.446. The van der Waals surface area contributed by atoms with Crippen molar-refractivity contribution in [3.63, 3.8) is 0 Å². The van der Waals surface area contributed by atoms with E-state index in [-0.39, 0.29) is 29.2 Å². The number of alkyl halides is 3. The Kier molecular flexibility index (Phi) is 6.39. The summed E-state index contributed by atoms with van der Waals surface area (Å²) in [6.45, 7) is 3.73. The summed E-state index contributed by atoms with van der Waals surface area (Å²) in [5.41, 5.74) is 6.37. The number of ether oxygens (including phenoxy) is 1. The third-order valence-corrected chi connectivity index (χ3v) is 4.47. The van der Waals surface area contributed by atoms with Gasteiger partial charge >= 0.3 is 6.18 Å². The molecule has 166 valence electrons. The molecule has 10 heteroatoms. The first-order valence-electron chi connectivity index (χ1n) is 9.22. The smallest absolute Gasteiger partial charge is 0.394 e. The number of amides is 1. The molecule has 2 aromatic heterocycles. The second kappa shape index (κ2) is 9.01. The Morgan fingerprint density at radius 3 is 2.75 bits per heavy atom. The fraction of sp³-hybridized carbons (Fsp3) is 0.182. The Morgan fingerprint density at radius 2 is 2.12 bits per heavy atom. The number of nitrogens with one attached hydrogen (secondary N) is 1. The van der Waals surface area contributed by atoms with Crippen LogP contribution in [0.25, 0.3) is 11.7 Å². The third-order valence-electron chi connectivity index (χ3n) is 4.47. The van der Waals surface area contributed by atoms with Crippen molar-refractivity contribution in [2.75, 3.05) is 19.0 Å². The Labute approximate surface area is 180 Å². The lowest BCUT2D eigenvalue weighted by atomic mass is 10.1. The third kappa shape index (κ3) is 5.00. The fourth-order valence-electron chi connectivity index (χ4n) is 3.05. The van der Waals surface area contributed by atoms with Crippen molar-refractivity contribution in [3.8, 4) is 17.6 Å². The number of nitrogens with zero attached hydrogens (tertiary/aromatic N) is 2. The monoisotopic (exact) mass is 446 g/mol. The molecule has 3 rings (SSSR count). The number of anilines is 1. The van der Waals surface area contributed by atoms with Crippen LogP contribution in [-0.2, 0) is 6.42 Å². The molecule has 0 atom stereocenters. The molecule has 0 saturated heterocycles. The summed E-state index contributed by atoms with van der Waals surface area (Å²) in [6.07, 6.45) is -1.39. The Bertz CT molecular complexity index is 1250. The zero-order chi connectivity index (χ0) is 23.5. The van der Waals surface area contributed by atoms with Crippen molar-refractivity contribution < 1.29 is 27.1 Å². The summed E-state index contributed by atoms with van der Waals surface area (Å²) in [6, 6.07) is 3.90. The van der Waals surface area contributed by atoms with E-state index in [0.29, 0.717) is 16.8 Å². The SMILES string of the molecule is C=Cc1cc(C#CCNc2cc(F)c(C(N)=O)cc2OC)cn2c(CC(F)(F)F)cnc12. The zero-order valence-electron chi connectivity index (χ0n) is 16.9. The van der Waals surface area contributed by atoms with Crippen LogP contribution in [0.3, 0.4) is 0 Å². The highest BCUT2D eigenvalue weighted by atomic mass is 19.4.